The van der Waals surface area contributed by atoms with Crippen molar-refractivity contribution in [3.05, 3.63) is 95.8 Å². The fourth-order valence-electron chi connectivity index (χ4n) is 4.03. The van der Waals surface area contributed by atoms with Crippen LogP contribution < -0.4 is 0 Å². The van der Waals surface area contributed by atoms with Crippen molar-refractivity contribution in [1.82, 2.24) is 29.9 Å². The number of benzene rings is 1. The zero-order valence-corrected chi connectivity index (χ0v) is 17.0. The third-order valence-electron chi connectivity index (χ3n) is 5.51. The molecule has 0 bridgehead atoms. The highest BCUT2D eigenvalue weighted by Gasteiger charge is 2.21. The molecule has 5 aromatic rings. The van der Waals surface area contributed by atoms with Crippen molar-refractivity contribution in [3.8, 4) is 11.3 Å². The van der Waals surface area contributed by atoms with Crippen LogP contribution in [0.5, 0.6) is 0 Å². The van der Waals surface area contributed by atoms with Crippen molar-refractivity contribution >= 4 is 11.2 Å². The molecular formula is C24H21FN6. The Hall–Kier alpha value is -3.87. The van der Waals surface area contributed by atoms with E-state index >= 15 is 0 Å². The smallest absolute Gasteiger partial charge is 0.156 e. The first-order valence-electron chi connectivity index (χ1n) is 10.2. The van der Waals surface area contributed by atoms with E-state index in [1.54, 1.807) is 24.8 Å². The number of hydrogen-bond donors (Lipinski definition) is 2. The van der Waals surface area contributed by atoms with Crippen LogP contribution in [0.3, 0.4) is 0 Å². The average Bonchev–Trinajstić information content (AvgIpc) is 3.39. The maximum absolute atomic E-state index is 13.5. The van der Waals surface area contributed by atoms with Crippen molar-refractivity contribution in [2.75, 3.05) is 0 Å². The third kappa shape index (κ3) is 3.82. The van der Waals surface area contributed by atoms with Gasteiger partial charge in [0.05, 0.1) is 11.4 Å². The van der Waals surface area contributed by atoms with Crippen molar-refractivity contribution in [2.45, 2.75) is 25.7 Å². The Bertz CT molecular complexity index is 1310. The summed E-state index contributed by atoms with van der Waals surface area (Å²) in [5.74, 6) is 0.631. The highest BCUT2D eigenvalue weighted by molar-refractivity contribution is 5.85. The number of H-pyrrole nitrogens is 2. The Balaban J connectivity index is 1.54. The maximum Gasteiger partial charge on any atom is 0.156 e. The summed E-state index contributed by atoms with van der Waals surface area (Å²) in [4.78, 5) is 24.5. The van der Waals surface area contributed by atoms with Gasteiger partial charge in [-0.2, -0.15) is 0 Å². The number of rotatable bonds is 6. The predicted octanol–water partition coefficient (Wildman–Crippen LogP) is 4.96. The summed E-state index contributed by atoms with van der Waals surface area (Å²) in [7, 11) is 0. The molecule has 1 unspecified atom stereocenters. The number of nitrogens with zero attached hydrogens (tertiary/aromatic N) is 4. The SMILES string of the molecule is Cc1c[nH]c(C(CCc2c(-c3ccncc3)[nH]c3nccnc23)c2ccc(F)cc2)n1. The molecule has 0 aliphatic rings. The fraction of sp³-hybridized carbons (Fsp3) is 0.167. The number of aromatic amines is 2. The van der Waals surface area contributed by atoms with Gasteiger partial charge in [0.2, 0.25) is 0 Å². The van der Waals surface area contributed by atoms with Crippen molar-refractivity contribution < 1.29 is 4.39 Å². The lowest BCUT2D eigenvalue weighted by atomic mass is 9.91. The zero-order chi connectivity index (χ0) is 21.2. The minimum atomic E-state index is -0.245. The van der Waals surface area contributed by atoms with E-state index in [0.29, 0.717) is 0 Å². The van der Waals surface area contributed by atoms with E-state index < -0.39 is 0 Å². The Labute approximate surface area is 178 Å². The second kappa shape index (κ2) is 8.10. The molecule has 4 aromatic heterocycles. The summed E-state index contributed by atoms with van der Waals surface area (Å²) in [5, 5.41) is 0. The summed E-state index contributed by atoms with van der Waals surface area (Å²) in [5.41, 5.74) is 6.71. The molecule has 2 N–H and O–H groups in total. The molecule has 6 nitrogen and oxygen atoms in total. The summed E-state index contributed by atoms with van der Waals surface area (Å²) >= 11 is 0. The molecule has 4 heterocycles. The Morgan fingerprint density at radius 2 is 1.74 bits per heavy atom. The first kappa shape index (κ1) is 19.1. The number of aryl methyl sites for hydroxylation is 2. The summed E-state index contributed by atoms with van der Waals surface area (Å²) in [6.45, 7) is 1.96. The van der Waals surface area contributed by atoms with Crippen LogP contribution in [0.1, 0.15) is 35.0 Å². The van der Waals surface area contributed by atoms with Crippen molar-refractivity contribution in [3.63, 3.8) is 0 Å². The van der Waals surface area contributed by atoms with Crippen LogP contribution >= 0.6 is 0 Å². The molecule has 31 heavy (non-hydrogen) atoms. The topological polar surface area (TPSA) is 83.1 Å². The number of fused-ring (bicyclic) bond motifs is 1. The molecule has 0 aliphatic carbocycles. The fourth-order valence-corrected chi connectivity index (χ4v) is 4.03. The molecule has 5 rings (SSSR count). The molecule has 0 amide bonds. The van der Waals surface area contributed by atoms with Gasteiger partial charge in [-0.1, -0.05) is 12.1 Å². The van der Waals surface area contributed by atoms with Crippen LogP contribution in [0, 0.1) is 12.7 Å². The Kier molecular flexibility index (Phi) is 5.00. The highest BCUT2D eigenvalue weighted by atomic mass is 19.1. The molecule has 1 atom stereocenters. The van der Waals surface area contributed by atoms with Gasteiger partial charge in [-0.05, 0) is 49.6 Å². The summed E-state index contributed by atoms with van der Waals surface area (Å²) < 4.78 is 13.5. The molecule has 0 saturated heterocycles. The van der Waals surface area contributed by atoms with Gasteiger partial charge in [-0.3, -0.25) is 9.97 Å². The molecule has 154 valence electrons. The second-order valence-electron chi connectivity index (χ2n) is 7.54. The number of halogens is 1. The van der Waals surface area contributed by atoms with E-state index in [1.165, 1.54) is 12.1 Å². The third-order valence-corrected chi connectivity index (χ3v) is 5.51. The van der Waals surface area contributed by atoms with Gasteiger partial charge >= 0.3 is 0 Å². The lowest BCUT2D eigenvalue weighted by molar-refractivity contribution is 0.623. The van der Waals surface area contributed by atoms with Gasteiger partial charge in [0.25, 0.3) is 0 Å². The first-order chi connectivity index (χ1) is 15.2. The van der Waals surface area contributed by atoms with E-state index in [1.807, 2.05) is 37.4 Å². The largest absolute Gasteiger partial charge is 0.348 e. The highest BCUT2D eigenvalue weighted by Crippen LogP contribution is 2.33. The van der Waals surface area contributed by atoms with E-state index in [2.05, 4.69) is 29.9 Å². The van der Waals surface area contributed by atoms with Gasteiger partial charge in [-0.15, -0.1) is 0 Å². The quantitative estimate of drug-likeness (QED) is 0.413. The molecule has 7 heteroatoms. The molecule has 0 radical (unpaired) electrons. The predicted molar refractivity (Wildman–Crippen MR) is 117 cm³/mol. The van der Waals surface area contributed by atoms with Gasteiger partial charge < -0.3 is 9.97 Å². The van der Waals surface area contributed by atoms with Crippen LogP contribution in [-0.4, -0.2) is 29.9 Å². The zero-order valence-electron chi connectivity index (χ0n) is 17.0. The lowest BCUT2D eigenvalue weighted by Crippen LogP contribution is -2.06. The Morgan fingerprint density at radius 3 is 2.48 bits per heavy atom. The molecular weight excluding hydrogens is 391 g/mol. The second-order valence-corrected chi connectivity index (χ2v) is 7.54. The number of hydrogen-bond acceptors (Lipinski definition) is 4. The van der Waals surface area contributed by atoms with Crippen molar-refractivity contribution in [2.24, 2.45) is 0 Å². The number of nitrogens with one attached hydrogen (secondary N) is 2. The van der Waals surface area contributed by atoms with Gasteiger partial charge in [-0.25, -0.2) is 14.4 Å². The lowest BCUT2D eigenvalue weighted by Gasteiger charge is -2.16. The van der Waals surface area contributed by atoms with E-state index in [4.69, 9.17) is 0 Å². The molecule has 0 saturated carbocycles. The van der Waals surface area contributed by atoms with Crippen LogP contribution in [-0.2, 0) is 6.42 Å². The average molecular weight is 412 g/mol. The Morgan fingerprint density at radius 1 is 0.968 bits per heavy atom. The first-order valence-corrected chi connectivity index (χ1v) is 10.2. The van der Waals surface area contributed by atoms with Crippen LogP contribution in [0.2, 0.25) is 0 Å². The van der Waals surface area contributed by atoms with E-state index in [-0.39, 0.29) is 11.7 Å². The van der Waals surface area contributed by atoms with E-state index in [9.17, 15) is 4.39 Å². The number of pyridine rings is 1. The van der Waals surface area contributed by atoms with Crippen LogP contribution in [0.25, 0.3) is 22.4 Å². The van der Waals surface area contributed by atoms with Crippen molar-refractivity contribution in [1.29, 1.82) is 0 Å². The minimum absolute atomic E-state index is 0.00112. The van der Waals surface area contributed by atoms with Gasteiger partial charge in [0.1, 0.15) is 17.2 Å². The van der Waals surface area contributed by atoms with Crippen LogP contribution in [0.4, 0.5) is 4.39 Å². The molecule has 1 aromatic carbocycles. The van der Waals surface area contributed by atoms with Gasteiger partial charge in [0.15, 0.2) is 5.65 Å². The normalized spacial score (nSPS) is 12.3. The number of imidazole rings is 1. The number of aromatic nitrogens is 6. The van der Waals surface area contributed by atoms with Gasteiger partial charge in [0, 0.05) is 48.0 Å². The molecule has 0 aliphatic heterocycles. The monoisotopic (exact) mass is 412 g/mol. The molecule has 0 spiro atoms. The van der Waals surface area contributed by atoms with E-state index in [0.717, 1.165) is 57.9 Å². The minimum Gasteiger partial charge on any atom is -0.348 e. The summed E-state index contributed by atoms with van der Waals surface area (Å²) in [6, 6.07) is 10.6. The molecule has 0 fully saturated rings. The standard InChI is InChI=1S/C24H21FN6/c1-15-14-29-23(30-15)19(16-2-4-18(25)5-3-16)6-7-20-21(17-8-10-26-11-9-17)31-24-22(20)27-12-13-28-24/h2-5,8-14,19H,6-7H2,1H3,(H,28,31)(H,29,30). The van der Waals surface area contributed by atoms with Crippen LogP contribution in [0.15, 0.2) is 67.4 Å². The maximum atomic E-state index is 13.5. The summed E-state index contributed by atoms with van der Waals surface area (Å²) in [6.07, 6.45) is 10.4.